The lowest BCUT2D eigenvalue weighted by atomic mass is 10.1. The van der Waals surface area contributed by atoms with Crippen molar-refractivity contribution >= 4 is 29.2 Å². The number of carbonyl (C=O) groups is 2. The molecule has 4 heterocycles. The van der Waals surface area contributed by atoms with E-state index in [1.54, 1.807) is 24.4 Å². The molecular weight excluding hydrogens is 582 g/mol. The Balaban J connectivity index is 1.29. The number of nitrogens with one attached hydrogen (secondary N) is 1. The number of anilines is 1. The Morgan fingerprint density at radius 1 is 1.07 bits per heavy atom. The van der Waals surface area contributed by atoms with Gasteiger partial charge in [-0.3, -0.25) is 14.2 Å². The van der Waals surface area contributed by atoms with Crippen LogP contribution in [0.1, 0.15) is 50.9 Å². The number of aldehydes is 1. The molecule has 45 heavy (non-hydrogen) atoms. The van der Waals surface area contributed by atoms with E-state index in [-0.39, 0.29) is 40.3 Å². The molecular formula is C32H24F2N8O3. The number of alkyl halides is 2. The monoisotopic (exact) mass is 606 g/mol. The normalized spacial score (nSPS) is 14.2. The lowest BCUT2D eigenvalue weighted by Crippen LogP contribution is -2.27. The van der Waals surface area contributed by atoms with Crippen LogP contribution in [0.2, 0.25) is 0 Å². The van der Waals surface area contributed by atoms with Crippen molar-refractivity contribution in [2.24, 2.45) is 0 Å². The summed E-state index contributed by atoms with van der Waals surface area (Å²) < 4.78 is 28.8. The van der Waals surface area contributed by atoms with Crippen LogP contribution in [0.5, 0.6) is 5.75 Å². The predicted octanol–water partition coefficient (Wildman–Crippen LogP) is 5.26. The molecule has 4 aromatic heterocycles. The molecule has 0 spiro atoms. The lowest BCUT2D eigenvalue weighted by Gasteiger charge is -2.16. The summed E-state index contributed by atoms with van der Waals surface area (Å²) in [6.07, 6.45) is 4.63. The van der Waals surface area contributed by atoms with Crippen molar-refractivity contribution in [3.05, 3.63) is 101 Å². The number of phenolic OH excluding ortho intramolecular Hbond substituents is 1. The Bertz CT molecular complexity index is 2120. The van der Waals surface area contributed by atoms with Gasteiger partial charge in [0.05, 0.1) is 22.9 Å². The number of aromatic hydroxyl groups is 1. The molecule has 7 rings (SSSR count). The fourth-order valence-electron chi connectivity index (χ4n) is 5.64. The van der Waals surface area contributed by atoms with Crippen LogP contribution in [-0.4, -0.2) is 46.6 Å². The number of benzene rings is 2. The molecule has 11 nitrogen and oxygen atoms in total. The molecule has 1 amide bonds. The number of nitrogen functional groups attached to an aromatic ring is 1. The first kappa shape index (κ1) is 27.8. The summed E-state index contributed by atoms with van der Waals surface area (Å²) in [7, 11) is 0. The van der Waals surface area contributed by atoms with Crippen LogP contribution in [0.4, 0.5) is 14.6 Å². The molecule has 224 valence electrons. The number of hydrogen-bond donors (Lipinski definition) is 3. The molecule has 0 saturated heterocycles. The van der Waals surface area contributed by atoms with Crippen molar-refractivity contribution in [1.82, 2.24) is 34.6 Å². The van der Waals surface area contributed by atoms with E-state index in [4.69, 9.17) is 15.7 Å². The number of aryl methyl sites for hydroxylation is 1. The summed E-state index contributed by atoms with van der Waals surface area (Å²) in [4.78, 5) is 38.1. The number of nitrogens with zero attached hydrogens (tertiary/aromatic N) is 6. The van der Waals surface area contributed by atoms with Gasteiger partial charge in [0.1, 0.15) is 22.8 Å². The van der Waals surface area contributed by atoms with E-state index in [0.29, 0.717) is 52.1 Å². The highest BCUT2D eigenvalue weighted by Crippen LogP contribution is 2.36. The minimum absolute atomic E-state index is 0.0378. The van der Waals surface area contributed by atoms with Crippen LogP contribution in [0.3, 0.4) is 0 Å². The molecule has 0 fully saturated rings. The Hall–Kier alpha value is -5.98. The molecule has 1 aliphatic rings. The van der Waals surface area contributed by atoms with Crippen LogP contribution >= 0.6 is 0 Å². The molecule has 1 aliphatic carbocycles. The Morgan fingerprint density at radius 3 is 2.71 bits per heavy atom. The highest BCUT2D eigenvalue weighted by Gasteiger charge is 2.27. The summed E-state index contributed by atoms with van der Waals surface area (Å²) in [6.45, 7) is -2.77. The van der Waals surface area contributed by atoms with E-state index < -0.39 is 6.55 Å². The lowest BCUT2D eigenvalue weighted by molar-refractivity contribution is 0.0568. The molecule has 6 aromatic rings. The van der Waals surface area contributed by atoms with E-state index in [1.807, 2.05) is 28.8 Å². The minimum atomic E-state index is -2.77. The SMILES string of the molecule is Nc1ncccc1-c1nc2ccc(-c3ccn(C(F)F)n3)nc2n1-c1ccc2c(c1)CC[C@@H]2NC(=O)c1ccc(O)c(C=O)c1. The van der Waals surface area contributed by atoms with Crippen molar-refractivity contribution in [3.8, 4) is 34.2 Å². The molecule has 0 radical (unpaired) electrons. The number of imidazole rings is 1. The van der Waals surface area contributed by atoms with Gasteiger partial charge in [-0.25, -0.2) is 19.6 Å². The fourth-order valence-corrected chi connectivity index (χ4v) is 5.64. The number of aromatic nitrogens is 6. The molecule has 2 aromatic carbocycles. The van der Waals surface area contributed by atoms with Gasteiger partial charge in [-0.2, -0.15) is 13.9 Å². The highest BCUT2D eigenvalue weighted by atomic mass is 19.3. The summed E-state index contributed by atoms with van der Waals surface area (Å²) in [5.41, 5.74) is 11.6. The molecule has 0 unspecified atom stereocenters. The Morgan fingerprint density at radius 2 is 1.93 bits per heavy atom. The maximum atomic E-state index is 13.2. The molecule has 0 aliphatic heterocycles. The second-order valence-electron chi connectivity index (χ2n) is 10.5. The zero-order chi connectivity index (χ0) is 31.2. The maximum absolute atomic E-state index is 13.2. The quantitative estimate of drug-likeness (QED) is 0.208. The van der Waals surface area contributed by atoms with Gasteiger partial charge in [-0.15, -0.1) is 0 Å². The number of phenols is 1. The zero-order valence-corrected chi connectivity index (χ0v) is 23.4. The Kier molecular flexibility index (Phi) is 6.76. The van der Waals surface area contributed by atoms with Crippen molar-refractivity contribution < 1.29 is 23.5 Å². The molecule has 1 atom stereocenters. The van der Waals surface area contributed by atoms with E-state index >= 15 is 0 Å². The summed E-state index contributed by atoms with van der Waals surface area (Å²) in [5, 5.41) is 16.8. The van der Waals surface area contributed by atoms with E-state index in [1.165, 1.54) is 30.5 Å². The molecule has 0 saturated carbocycles. The largest absolute Gasteiger partial charge is 0.507 e. The first-order valence-corrected chi connectivity index (χ1v) is 14.0. The van der Waals surface area contributed by atoms with Gasteiger partial charge < -0.3 is 16.2 Å². The summed E-state index contributed by atoms with van der Waals surface area (Å²) in [6, 6.07) is 18.2. The smallest absolute Gasteiger partial charge is 0.333 e. The van der Waals surface area contributed by atoms with Crippen molar-refractivity contribution in [1.29, 1.82) is 0 Å². The van der Waals surface area contributed by atoms with Crippen LogP contribution < -0.4 is 11.1 Å². The molecule has 4 N–H and O–H groups in total. The number of halogens is 2. The predicted molar refractivity (Wildman–Crippen MR) is 161 cm³/mol. The average Bonchev–Trinajstić information content (AvgIpc) is 3.78. The average molecular weight is 607 g/mol. The van der Waals surface area contributed by atoms with Gasteiger partial charge in [0, 0.05) is 23.6 Å². The standard InChI is InChI=1S/C32H24F2N8O3/c33-32(34)41-13-11-25(40-41)24-8-9-26-30(37-24)42(29(38-26)22-2-1-12-36-28(22)35)20-5-6-21-17(15-20)3-7-23(21)39-31(45)18-4-10-27(44)19(14-18)16-43/h1-2,4-6,8-16,23,32,44H,3,7H2,(H2,35,36)(H,39,45)/t23-/m0/s1. The topological polar surface area (TPSA) is 154 Å². The number of carbonyl (C=O) groups excluding carboxylic acids is 2. The number of fused-ring (bicyclic) bond motifs is 2. The van der Waals surface area contributed by atoms with Gasteiger partial charge in [0.2, 0.25) is 0 Å². The third kappa shape index (κ3) is 4.93. The number of nitrogens with two attached hydrogens (primary N) is 1. The third-order valence-electron chi connectivity index (χ3n) is 7.84. The van der Waals surface area contributed by atoms with Gasteiger partial charge in [-0.05, 0) is 84.6 Å². The highest BCUT2D eigenvalue weighted by molar-refractivity contribution is 5.96. The Labute approximate surface area is 254 Å². The number of rotatable bonds is 7. The fraction of sp³-hybridized carbons (Fsp3) is 0.125. The molecule has 0 bridgehead atoms. The summed E-state index contributed by atoms with van der Waals surface area (Å²) in [5.74, 6) is 0.227. The van der Waals surface area contributed by atoms with Gasteiger partial charge in [-0.1, -0.05) is 6.07 Å². The van der Waals surface area contributed by atoms with Crippen molar-refractivity contribution in [2.45, 2.75) is 25.4 Å². The van der Waals surface area contributed by atoms with Crippen LogP contribution in [0, 0.1) is 0 Å². The number of hydrogen-bond acceptors (Lipinski definition) is 8. The second-order valence-corrected chi connectivity index (χ2v) is 10.5. The summed E-state index contributed by atoms with van der Waals surface area (Å²) >= 11 is 0. The van der Waals surface area contributed by atoms with Crippen molar-refractivity contribution in [3.63, 3.8) is 0 Å². The first-order chi connectivity index (χ1) is 21.8. The van der Waals surface area contributed by atoms with Crippen LogP contribution in [0.25, 0.3) is 39.6 Å². The zero-order valence-electron chi connectivity index (χ0n) is 23.4. The first-order valence-electron chi connectivity index (χ1n) is 14.0. The van der Waals surface area contributed by atoms with Gasteiger partial charge in [0.15, 0.2) is 17.8 Å². The van der Waals surface area contributed by atoms with E-state index in [9.17, 15) is 23.5 Å². The minimum Gasteiger partial charge on any atom is -0.507 e. The number of amides is 1. The van der Waals surface area contributed by atoms with E-state index in [2.05, 4.69) is 15.4 Å². The van der Waals surface area contributed by atoms with Crippen molar-refractivity contribution in [2.75, 3.05) is 5.73 Å². The van der Waals surface area contributed by atoms with Crippen LogP contribution in [0.15, 0.2) is 79.1 Å². The number of pyridine rings is 2. The van der Waals surface area contributed by atoms with Crippen LogP contribution in [-0.2, 0) is 6.42 Å². The van der Waals surface area contributed by atoms with Gasteiger partial charge in [0.25, 0.3) is 5.91 Å². The van der Waals surface area contributed by atoms with E-state index in [0.717, 1.165) is 16.8 Å². The molecule has 13 heteroatoms. The van der Waals surface area contributed by atoms with Gasteiger partial charge >= 0.3 is 6.55 Å². The third-order valence-corrected chi connectivity index (χ3v) is 7.84. The maximum Gasteiger partial charge on any atom is 0.333 e. The second kappa shape index (κ2) is 10.9.